The van der Waals surface area contributed by atoms with E-state index in [9.17, 15) is 14.4 Å². The minimum absolute atomic E-state index is 0.0540. The number of unbranched alkanes of at least 4 members (excludes halogenated alkanes) is 1. The fourth-order valence-electron chi connectivity index (χ4n) is 1.85. The Kier molecular flexibility index (Phi) is 7.95. The number of rotatable bonds is 8. The monoisotopic (exact) mass is 362 g/mol. The van der Waals surface area contributed by atoms with E-state index < -0.39 is 23.0 Å². The van der Waals surface area contributed by atoms with Gasteiger partial charge >= 0.3 is 0 Å². The first kappa shape index (κ1) is 17.8. The lowest BCUT2D eigenvalue weighted by atomic mass is 10.1. The molecule has 0 fully saturated rings. The fraction of sp³-hybridized carbons (Fsp3) is 0.600. The maximum absolute atomic E-state index is 12.1. The fourth-order valence-corrected chi connectivity index (χ4v) is 3.67. The number of aliphatic hydroxyl groups excluding tert-OH is 2. The van der Waals surface area contributed by atoms with E-state index in [0.29, 0.717) is 4.90 Å². The van der Waals surface area contributed by atoms with Gasteiger partial charge in [-0.15, -0.1) is 0 Å². The maximum Gasteiger partial charge on any atom is 0.0932 e. The van der Waals surface area contributed by atoms with Gasteiger partial charge in [0, 0.05) is 9.72 Å². The molecule has 0 heterocycles. The van der Waals surface area contributed by atoms with E-state index >= 15 is 0 Å². The van der Waals surface area contributed by atoms with Gasteiger partial charge in [0.05, 0.1) is 28.8 Å². The highest BCUT2D eigenvalue weighted by atomic mass is 79.9. The van der Waals surface area contributed by atoms with Crippen molar-refractivity contribution in [2.24, 2.45) is 0 Å². The first-order valence-corrected chi connectivity index (χ1v) is 9.14. The zero-order chi connectivity index (χ0) is 15.1. The summed E-state index contributed by atoms with van der Waals surface area (Å²) in [6.07, 6.45) is 0.946. The predicted octanol–water partition coefficient (Wildman–Crippen LogP) is 2.78. The molecule has 4 atom stereocenters. The van der Waals surface area contributed by atoms with Crippen molar-refractivity contribution in [3.63, 3.8) is 0 Å². The van der Waals surface area contributed by atoms with Crippen molar-refractivity contribution in [1.29, 1.82) is 0 Å². The van der Waals surface area contributed by atoms with E-state index in [1.165, 1.54) is 0 Å². The average molecular weight is 363 g/mol. The Morgan fingerprint density at radius 3 is 2.40 bits per heavy atom. The Morgan fingerprint density at radius 2 is 1.85 bits per heavy atom. The second-order valence-corrected chi connectivity index (χ2v) is 7.71. The number of hydrogen-bond donors (Lipinski definition) is 2. The van der Waals surface area contributed by atoms with Crippen molar-refractivity contribution in [2.75, 3.05) is 5.75 Å². The lowest BCUT2D eigenvalue weighted by molar-refractivity contribution is 0.0323. The Morgan fingerprint density at radius 1 is 1.25 bits per heavy atom. The zero-order valence-corrected chi connectivity index (χ0v) is 14.4. The highest BCUT2D eigenvalue weighted by molar-refractivity contribution is 9.09. The van der Waals surface area contributed by atoms with Crippen LogP contribution in [0.25, 0.3) is 0 Å². The molecule has 1 aromatic rings. The summed E-state index contributed by atoms with van der Waals surface area (Å²) >= 11 is 3.39. The van der Waals surface area contributed by atoms with Gasteiger partial charge in [-0.1, -0.05) is 53.4 Å². The van der Waals surface area contributed by atoms with Crippen molar-refractivity contribution in [1.82, 2.24) is 0 Å². The number of aliphatic hydroxyl groups is 2. The second kappa shape index (κ2) is 8.93. The lowest BCUT2D eigenvalue weighted by Gasteiger charge is -2.22. The Labute approximate surface area is 132 Å². The van der Waals surface area contributed by atoms with E-state index in [0.717, 1.165) is 24.8 Å². The Balaban J connectivity index is 2.54. The third-order valence-corrected chi connectivity index (χ3v) is 5.65. The van der Waals surface area contributed by atoms with Gasteiger partial charge in [-0.3, -0.25) is 4.21 Å². The molecule has 20 heavy (non-hydrogen) atoms. The summed E-state index contributed by atoms with van der Waals surface area (Å²) < 4.78 is 12.1. The molecule has 0 bridgehead atoms. The zero-order valence-electron chi connectivity index (χ0n) is 12.0. The minimum Gasteiger partial charge on any atom is -0.389 e. The van der Waals surface area contributed by atoms with Crippen LogP contribution in [-0.4, -0.2) is 37.2 Å². The second-order valence-electron chi connectivity index (χ2n) is 5.04. The standard InChI is InChI=1S/C15H23BrO3S/c1-3-4-5-13(16)15(18)14(17)10-20(19)12-8-6-11(2)7-9-12/h6-9,13-15,17-18H,3-5,10H2,1-2H3/t13-,14-,15-,20-/m1/s1. The number of alkyl halides is 1. The van der Waals surface area contributed by atoms with Gasteiger partial charge in [0.1, 0.15) is 0 Å². The molecule has 0 aromatic heterocycles. The molecule has 114 valence electrons. The summed E-state index contributed by atoms with van der Waals surface area (Å²) in [5.74, 6) is 0.0540. The first-order chi connectivity index (χ1) is 9.45. The summed E-state index contributed by atoms with van der Waals surface area (Å²) in [4.78, 5) is 0.522. The molecule has 0 aliphatic rings. The van der Waals surface area contributed by atoms with Crippen LogP contribution in [0, 0.1) is 6.92 Å². The van der Waals surface area contributed by atoms with E-state index in [1.807, 2.05) is 19.1 Å². The van der Waals surface area contributed by atoms with Gasteiger partial charge in [0.2, 0.25) is 0 Å². The Hall–Kier alpha value is -0.230. The molecule has 1 rings (SSSR count). The summed E-state index contributed by atoms with van der Waals surface area (Å²) in [6, 6.07) is 7.38. The Bertz CT molecular complexity index is 422. The quantitative estimate of drug-likeness (QED) is 0.699. The van der Waals surface area contributed by atoms with Gasteiger partial charge in [0.15, 0.2) is 0 Å². The van der Waals surface area contributed by atoms with Gasteiger partial charge in [-0.2, -0.15) is 0 Å². The number of aryl methyl sites for hydroxylation is 1. The lowest BCUT2D eigenvalue weighted by Crippen LogP contribution is -2.37. The van der Waals surface area contributed by atoms with Gasteiger partial charge < -0.3 is 10.2 Å². The summed E-state index contributed by atoms with van der Waals surface area (Å²) in [5, 5.41) is 20.0. The largest absolute Gasteiger partial charge is 0.389 e. The third-order valence-electron chi connectivity index (χ3n) is 3.20. The van der Waals surface area contributed by atoms with Crippen LogP contribution in [0.15, 0.2) is 29.2 Å². The summed E-state index contributed by atoms with van der Waals surface area (Å²) in [7, 11) is -1.30. The number of benzene rings is 1. The van der Waals surface area contributed by atoms with Crippen molar-refractivity contribution < 1.29 is 14.4 Å². The summed E-state index contributed by atoms with van der Waals surface area (Å²) in [5.41, 5.74) is 1.10. The van der Waals surface area contributed by atoms with Gasteiger partial charge in [-0.25, -0.2) is 0 Å². The van der Waals surface area contributed by atoms with Gasteiger partial charge in [-0.05, 0) is 25.5 Å². The third kappa shape index (κ3) is 5.64. The average Bonchev–Trinajstić information content (AvgIpc) is 2.44. The molecule has 0 amide bonds. The molecule has 3 nitrogen and oxygen atoms in total. The van der Waals surface area contributed by atoms with Crippen LogP contribution >= 0.6 is 15.9 Å². The molecule has 0 saturated carbocycles. The molecule has 5 heteroatoms. The van der Waals surface area contributed by atoms with Crippen LogP contribution in [0.3, 0.4) is 0 Å². The first-order valence-electron chi connectivity index (χ1n) is 6.91. The molecular formula is C15H23BrO3S. The minimum atomic E-state index is -1.30. The normalized spacial score (nSPS) is 17.4. The number of hydrogen-bond acceptors (Lipinski definition) is 3. The molecule has 0 saturated heterocycles. The van der Waals surface area contributed by atoms with E-state index in [2.05, 4.69) is 22.9 Å². The van der Waals surface area contributed by atoms with Crippen molar-refractivity contribution in [3.05, 3.63) is 29.8 Å². The highest BCUT2D eigenvalue weighted by Gasteiger charge is 2.25. The van der Waals surface area contributed by atoms with E-state index in [4.69, 9.17) is 0 Å². The molecule has 0 spiro atoms. The molecule has 0 unspecified atom stereocenters. The van der Waals surface area contributed by atoms with E-state index in [-0.39, 0.29) is 10.6 Å². The molecule has 1 aromatic carbocycles. The van der Waals surface area contributed by atoms with Crippen molar-refractivity contribution in [3.8, 4) is 0 Å². The molecule has 0 aliphatic heterocycles. The van der Waals surface area contributed by atoms with E-state index in [1.54, 1.807) is 12.1 Å². The predicted molar refractivity (Wildman–Crippen MR) is 86.7 cm³/mol. The van der Waals surface area contributed by atoms with Crippen LogP contribution in [0.4, 0.5) is 0 Å². The van der Waals surface area contributed by atoms with Crippen LogP contribution in [0.1, 0.15) is 31.7 Å². The topological polar surface area (TPSA) is 57.5 Å². The smallest absolute Gasteiger partial charge is 0.0932 e. The maximum atomic E-state index is 12.1. The molecule has 0 aliphatic carbocycles. The van der Waals surface area contributed by atoms with Gasteiger partial charge in [0.25, 0.3) is 0 Å². The van der Waals surface area contributed by atoms with Crippen LogP contribution < -0.4 is 0 Å². The van der Waals surface area contributed by atoms with Crippen molar-refractivity contribution in [2.45, 2.75) is 55.0 Å². The van der Waals surface area contributed by atoms with Crippen LogP contribution in [-0.2, 0) is 10.8 Å². The molecule has 2 N–H and O–H groups in total. The SMILES string of the molecule is CCCC[C@@H](Br)[C@@H](O)[C@H](O)C[S@@](=O)c1ccc(C)cc1. The number of halogens is 1. The highest BCUT2D eigenvalue weighted by Crippen LogP contribution is 2.18. The summed E-state index contributed by atoms with van der Waals surface area (Å²) in [6.45, 7) is 4.05. The molecule has 0 radical (unpaired) electrons. The molecular weight excluding hydrogens is 340 g/mol. The van der Waals surface area contributed by atoms with Crippen molar-refractivity contribution >= 4 is 26.7 Å². The van der Waals surface area contributed by atoms with Crippen LogP contribution in [0.5, 0.6) is 0 Å². The van der Waals surface area contributed by atoms with Crippen LogP contribution in [0.2, 0.25) is 0 Å².